The zero-order chi connectivity index (χ0) is 34.4. The molecular formula is C44H30N6OPt. The van der Waals surface area contributed by atoms with Gasteiger partial charge in [0, 0.05) is 53.6 Å². The first-order valence-corrected chi connectivity index (χ1v) is 17.0. The molecule has 0 aliphatic carbocycles. The Morgan fingerprint density at radius 1 is 0.577 bits per heavy atom. The number of nitrogens with zero attached hydrogens (tertiary/aromatic N) is 6. The molecule has 0 radical (unpaired) electrons. The Bertz CT molecular complexity index is 3030. The average molecular weight is 854 g/mol. The van der Waals surface area contributed by atoms with Gasteiger partial charge in [-0.25, -0.2) is 4.98 Å². The van der Waals surface area contributed by atoms with Crippen LogP contribution in [0.1, 0.15) is 22.3 Å². The molecule has 52 heavy (non-hydrogen) atoms. The molecule has 0 amide bonds. The summed E-state index contributed by atoms with van der Waals surface area (Å²) in [5.74, 6) is 1.15. The van der Waals surface area contributed by atoms with E-state index in [0.717, 1.165) is 77.3 Å². The van der Waals surface area contributed by atoms with E-state index in [1.54, 1.807) is 6.20 Å². The third kappa shape index (κ3) is 4.76. The fraction of sp³-hybridized carbons (Fsp3) is 0.0909. The minimum Gasteiger partial charge on any atom is -0.497 e. The molecule has 6 heterocycles. The first-order chi connectivity index (χ1) is 24.9. The molecule has 0 spiro atoms. The van der Waals surface area contributed by atoms with Crippen molar-refractivity contribution in [1.29, 1.82) is 0 Å². The Balaban J connectivity index is 0.00000360. The molecule has 7 nitrogen and oxygen atoms in total. The van der Waals surface area contributed by atoms with Gasteiger partial charge in [0.15, 0.2) is 0 Å². The molecule has 4 aromatic carbocycles. The second-order valence-corrected chi connectivity index (χ2v) is 13.2. The molecule has 0 saturated carbocycles. The van der Waals surface area contributed by atoms with Crippen molar-refractivity contribution in [2.45, 2.75) is 27.7 Å². The summed E-state index contributed by atoms with van der Waals surface area (Å²) in [6.45, 7) is 8.58. The first-order valence-electron chi connectivity index (χ1n) is 17.0. The van der Waals surface area contributed by atoms with Gasteiger partial charge in [0.25, 0.3) is 0 Å². The summed E-state index contributed by atoms with van der Waals surface area (Å²) >= 11 is 0. The Morgan fingerprint density at radius 3 is 1.92 bits per heavy atom. The van der Waals surface area contributed by atoms with Crippen LogP contribution in [0.2, 0.25) is 0 Å². The van der Waals surface area contributed by atoms with Crippen LogP contribution < -0.4 is 4.74 Å². The predicted molar refractivity (Wildman–Crippen MR) is 204 cm³/mol. The van der Waals surface area contributed by atoms with Gasteiger partial charge in [0.2, 0.25) is 0 Å². The van der Waals surface area contributed by atoms with Gasteiger partial charge in [-0.1, -0.05) is 88.3 Å². The Kier molecular flexibility index (Phi) is 7.46. The minimum atomic E-state index is 0. The van der Waals surface area contributed by atoms with Gasteiger partial charge in [-0.05, 0) is 72.9 Å². The Labute approximate surface area is 313 Å². The van der Waals surface area contributed by atoms with Crippen molar-refractivity contribution in [1.82, 2.24) is 28.7 Å². The number of aromatic nitrogens is 6. The van der Waals surface area contributed by atoms with E-state index in [9.17, 15) is 0 Å². The van der Waals surface area contributed by atoms with Crippen LogP contribution in [0, 0.1) is 39.8 Å². The molecule has 0 aliphatic rings. The third-order valence-corrected chi connectivity index (χ3v) is 10.1. The molecule has 0 N–H and O–H groups in total. The van der Waals surface area contributed by atoms with Crippen molar-refractivity contribution < 1.29 is 25.8 Å². The van der Waals surface area contributed by atoms with Crippen molar-refractivity contribution in [3.8, 4) is 34.0 Å². The molecule has 10 rings (SSSR count). The normalized spacial score (nSPS) is 11.7. The fourth-order valence-electron chi connectivity index (χ4n) is 7.80. The molecule has 0 bridgehead atoms. The van der Waals surface area contributed by atoms with Crippen LogP contribution >= 0.6 is 0 Å². The number of hydrogen-bond acceptors (Lipinski definition) is 5. The Hall–Kier alpha value is -5.91. The summed E-state index contributed by atoms with van der Waals surface area (Å²) in [7, 11) is 0. The molecular weight excluding hydrogens is 824 g/mol. The zero-order valence-corrected chi connectivity index (χ0v) is 31.1. The maximum Gasteiger partial charge on any atom is 2.00 e. The van der Waals surface area contributed by atoms with Crippen LogP contribution in [-0.2, 0) is 21.1 Å². The summed E-state index contributed by atoms with van der Waals surface area (Å²) < 4.78 is 10.8. The van der Waals surface area contributed by atoms with Crippen molar-refractivity contribution in [3.05, 3.63) is 144 Å². The molecule has 8 heteroatoms. The first kappa shape index (κ1) is 32.0. The van der Waals surface area contributed by atoms with E-state index in [0.29, 0.717) is 11.5 Å². The van der Waals surface area contributed by atoms with Crippen LogP contribution in [0.3, 0.4) is 0 Å². The average Bonchev–Trinajstić information content (AvgIpc) is 3.81. The second-order valence-electron chi connectivity index (χ2n) is 13.2. The maximum atomic E-state index is 6.51. The SMILES string of the molecule is Cc1cccc(C)c1-c1ccc2c3ccc(Oc4[c-]c5c(cc4)c4ccncc4n4ccnc54)[c-]c3c3ncc(-c4c(C)cccc4C)n3c2n1.[Pt+2]. The van der Waals surface area contributed by atoms with Crippen LogP contribution in [-0.4, -0.2) is 28.7 Å². The van der Waals surface area contributed by atoms with Crippen molar-refractivity contribution in [3.63, 3.8) is 0 Å². The fourth-order valence-corrected chi connectivity index (χ4v) is 7.80. The monoisotopic (exact) mass is 853 g/mol. The van der Waals surface area contributed by atoms with E-state index in [1.807, 2.05) is 47.4 Å². The van der Waals surface area contributed by atoms with E-state index in [1.165, 1.54) is 22.3 Å². The number of imidazole rings is 2. The van der Waals surface area contributed by atoms with Crippen LogP contribution in [0.4, 0.5) is 0 Å². The molecule has 0 atom stereocenters. The summed E-state index contributed by atoms with van der Waals surface area (Å²) in [6, 6.07) is 34.3. The molecule has 0 fully saturated rings. The van der Waals surface area contributed by atoms with Gasteiger partial charge in [-0.3, -0.25) is 15.0 Å². The summed E-state index contributed by atoms with van der Waals surface area (Å²) in [6.07, 6.45) is 9.39. The summed E-state index contributed by atoms with van der Waals surface area (Å²) in [5.41, 5.74) is 12.4. The molecule has 0 saturated heterocycles. The van der Waals surface area contributed by atoms with Crippen molar-refractivity contribution in [2.24, 2.45) is 0 Å². The van der Waals surface area contributed by atoms with E-state index < -0.39 is 0 Å². The van der Waals surface area contributed by atoms with Gasteiger partial charge in [0.1, 0.15) is 5.65 Å². The topological polar surface area (TPSA) is 69.6 Å². The van der Waals surface area contributed by atoms with E-state index in [4.69, 9.17) is 14.7 Å². The van der Waals surface area contributed by atoms with Crippen LogP contribution in [0.5, 0.6) is 11.5 Å². The van der Waals surface area contributed by atoms with Crippen molar-refractivity contribution >= 4 is 54.8 Å². The second kappa shape index (κ2) is 12.1. The number of pyridine rings is 4. The third-order valence-electron chi connectivity index (χ3n) is 10.1. The van der Waals surface area contributed by atoms with Crippen molar-refractivity contribution in [2.75, 3.05) is 0 Å². The smallest absolute Gasteiger partial charge is 0.497 e. The zero-order valence-electron chi connectivity index (χ0n) is 28.8. The molecule has 10 aromatic rings. The van der Waals surface area contributed by atoms with Crippen LogP contribution in [0.25, 0.3) is 77.3 Å². The molecule has 0 aliphatic heterocycles. The molecule has 0 unspecified atom stereocenters. The summed E-state index contributed by atoms with van der Waals surface area (Å²) in [5, 5.41) is 5.87. The molecule has 6 aromatic heterocycles. The van der Waals surface area contributed by atoms with Gasteiger partial charge >= 0.3 is 21.1 Å². The van der Waals surface area contributed by atoms with Crippen LogP contribution in [0.15, 0.2) is 110 Å². The number of hydrogen-bond donors (Lipinski definition) is 0. The predicted octanol–water partition coefficient (Wildman–Crippen LogP) is 10.3. The number of fused-ring (bicyclic) bond motifs is 12. The molecule has 252 valence electrons. The van der Waals surface area contributed by atoms with Gasteiger partial charge in [-0.15, -0.1) is 12.1 Å². The largest absolute Gasteiger partial charge is 2.00 e. The minimum absolute atomic E-state index is 0. The number of benzene rings is 4. The standard InChI is InChI=1S/C44H30N6O.Pt/c1-25-7-5-8-26(2)40(25)37-16-15-34-32-14-12-30(22-36(32)43-47-24-39(50(43)44(34)48-37)41-27(3)9-6-10-28(41)4)51-29-11-13-31-33-17-18-45-23-38(33)49-20-19-46-42(49)35(31)21-29;/h5-20,23-24H,1-4H3;/q-2;+2. The summed E-state index contributed by atoms with van der Waals surface area (Å²) in [4.78, 5) is 19.4. The van der Waals surface area contributed by atoms with E-state index in [2.05, 4.69) is 115 Å². The number of rotatable bonds is 4. The number of aryl methyl sites for hydroxylation is 4. The maximum absolute atomic E-state index is 6.51. The Morgan fingerprint density at radius 2 is 1.21 bits per heavy atom. The quantitative estimate of drug-likeness (QED) is 0.130. The van der Waals surface area contributed by atoms with Gasteiger partial charge in [0.05, 0.1) is 28.2 Å². The number of ether oxygens (including phenoxy) is 1. The van der Waals surface area contributed by atoms with Gasteiger partial charge in [-0.2, -0.15) is 0 Å². The van der Waals surface area contributed by atoms with Gasteiger partial charge < -0.3 is 13.5 Å². The van der Waals surface area contributed by atoms with E-state index >= 15 is 0 Å². The van der Waals surface area contributed by atoms with E-state index in [-0.39, 0.29) is 21.1 Å².